The van der Waals surface area contributed by atoms with Crippen LogP contribution in [0.5, 0.6) is 0 Å². The molecule has 0 amide bonds. The first kappa shape index (κ1) is 16.2. The molecule has 0 bridgehead atoms. The molecular formula is C14H19NO4S. The Morgan fingerprint density at radius 1 is 1.15 bits per heavy atom. The summed E-state index contributed by atoms with van der Waals surface area (Å²) in [7, 11) is -2.57. The highest BCUT2D eigenvalue weighted by molar-refractivity contribution is 7.73. The molecule has 1 aromatic rings. The third-order valence-corrected chi connectivity index (χ3v) is 3.20. The molecule has 0 aliphatic carbocycles. The van der Waals surface area contributed by atoms with Crippen molar-refractivity contribution in [2.75, 3.05) is 5.48 Å². The second-order valence-corrected chi connectivity index (χ2v) is 5.78. The van der Waals surface area contributed by atoms with Gasteiger partial charge < -0.3 is 4.84 Å². The van der Waals surface area contributed by atoms with Crippen molar-refractivity contribution in [2.45, 2.75) is 39.5 Å². The molecule has 0 aromatic heterocycles. The van der Waals surface area contributed by atoms with Crippen LogP contribution >= 0.6 is 0 Å². The highest BCUT2D eigenvalue weighted by Gasteiger charge is 2.14. The SMILES string of the molecule is CC(C)c1cccc(C(C)C)c1NOC(=O)C=S(=O)=O. The minimum absolute atomic E-state index is 0.243. The zero-order valence-electron chi connectivity index (χ0n) is 12.0. The Morgan fingerprint density at radius 3 is 2.05 bits per heavy atom. The van der Waals surface area contributed by atoms with E-state index in [1.54, 1.807) is 0 Å². The predicted octanol–water partition coefficient (Wildman–Crippen LogP) is 2.48. The van der Waals surface area contributed by atoms with Crippen LogP contribution in [0.4, 0.5) is 5.69 Å². The molecule has 0 spiro atoms. The smallest absolute Gasteiger partial charge is 0.337 e. The lowest BCUT2D eigenvalue weighted by atomic mass is 9.93. The van der Waals surface area contributed by atoms with Gasteiger partial charge in [0.1, 0.15) is 5.37 Å². The molecule has 0 radical (unpaired) electrons. The van der Waals surface area contributed by atoms with Crippen LogP contribution in [0.3, 0.4) is 0 Å². The quantitative estimate of drug-likeness (QED) is 0.667. The van der Waals surface area contributed by atoms with E-state index in [-0.39, 0.29) is 11.8 Å². The van der Waals surface area contributed by atoms with Crippen LogP contribution in [0, 0.1) is 0 Å². The number of rotatable bonds is 5. The van der Waals surface area contributed by atoms with Gasteiger partial charge in [-0.3, -0.25) is 0 Å². The molecule has 0 unspecified atom stereocenters. The summed E-state index contributed by atoms with van der Waals surface area (Å²) in [5.41, 5.74) is 5.33. The molecule has 110 valence electrons. The minimum Gasteiger partial charge on any atom is -0.337 e. The number of benzene rings is 1. The van der Waals surface area contributed by atoms with Crippen molar-refractivity contribution < 1.29 is 18.0 Å². The first-order valence-corrected chi connectivity index (χ1v) is 7.49. The summed E-state index contributed by atoms with van der Waals surface area (Å²) in [5, 5.41) is 0.472. The number of carbonyl (C=O) groups excluding carboxylic acids is 1. The van der Waals surface area contributed by atoms with Crippen molar-refractivity contribution in [3.63, 3.8) is 0 Å². The predicted molar refractivity (Wildman–Crippen MR) is 79.3 cm³/mol. The second kappa shape index (κ2) is 7.09. The van der Waals surface area contributed by atoms with E-state index in [1.807, 2.05) is 45.9 Å². The average Bonchev–Trinajstić information content (AvgIpc) is 2.34. The molecule has 0 heterocycles. The van der Waals surface area contributed by atoms with Crippen molar-refractivity contribution in [3.8, 4) is 0 Å². The van der Waals surface area contributed by atoms with Gasteiger partial charge >= 0.3 is 5.97 Å². The fourth-order valence-electron chi connectivity index (χ4n) is 1.87. The number of carbonyl (C=O) groups is 1. The van der Waals surface area contributed by atoms with Crippen LogP contribution in [-0.2, 0) is 19.9 Å². The lowest BCUT2D eigenvalue weighted by Gasteiger charge is -2.19. The Morgan fingerprint density at radius 2 is 1.65 bits per heavy atom. The molecule has 6 heteroatoms. The molecule has 0 saturated heterocycles. The monoisotopic (exact) mass is 297 g/mol. The molecule has 0 saturated carbocycles. The van der Waals surface area contributed by atoms with E-state index in [9.17, 15) is 13.2 Å². The van der Waals surface area contributed by atoms with Crippen molar-refractivity contribution in [1.29, 1.82) is 0 Å². The first-order valence-electron chi connectivity index (χ1n) is 6.35. The Labute approximate surface area is 120 Å². The van der Waals surface area contributed by atoms with Gasteiger partial charge in [-0.15, -0.1) is 0 Å². The minimum atomic E-state index is -2.57. The molecule has 0 atom stereocenters. The van der Waals surface area contributed by atoms with Gasteiger partial charge in [-0.2, -0.15) is 8.42 Å². The zero-order valence-corrected chi connectivity index (χ0v) is 12.8. The van der Waals surface area contributed by atoms with Crippen molar-refractivity contribution in [3.05, 3.63) is 29.3 Å². The summed E-state index contributed by atoms with van der Waals surface area (Å²) >= 11 is 0. The van der Waals surface area contributed by atoms with Gasteiger partial charge in [0.25, 0.3) is 0 Å². The van der Waals surface area contributed by atoms with E-state index < -0.39 is 16.3 Å². The van der Waals surface area contributed by atoms with Crippen LogP contribution in [0.1, 0.15) is 50.7 Å². The summed E-state index contributed by atoms with van der Waals surface area (Å²) < 4.78 is 20.8. The van der Waals surface area contributed by atoms with Gasteiger partial charge in [0.05, 0.1) is 5.69 Å². The average molecular weight is 297 g/mol. The van der Waals surface area contributed by atoms with Gasteiger partial charge in [0, 0.05) is 0 Å². The van der Waals surface area contributed by atoms with Crippen molar-refractivity contribution in [2.24, 2.45) is 0 Å². The maximum atomic E-state index is 11.3. The van der Waals surface area contributed by atoms with E-state index in [4.69, 9.17) is 4.84 Å². The van der Waals surface area contributed by atoms with Gasteiger partial charge in [-0.05, 0) is 23.0 Å². The standard InChI is InChI=1S/C14H19NO4S/c1-9(2)11-6-5-7-12(10(3)4)14(11)15-19-13(16)8-20(17)18/h5-10,15H,1-4H3. The third-order valence-electron chi connectivity index (χ3n) is 2.82. The van der Waals surface area contributed by atoms with Crippen LogP contribution in [0.15, 0.2) is 18.2 Å². The van der Waals surface area contributed by atoms with E-state index in [1.165, 1.54) is 0 Å². The van der Waals surface area contributed by atoms with Crippen LogP contribution in [0.25, 0.3) is 0 Å². The Hall–Kier alpha value is -1.82. The molecular weight excluding hydrogens is 278 g/mol. The molecule has 5 nitrogen and oxygen atoms in total. The molecule has 1 rings (SSSR count). The number of nitrogens with one attached hydrogen (secondary N) is 1. The molecule has 0 fully saturated rings. The van der Waals surface area contributed by atoms with Gasteiger partial charge in [0.2, 0.25) is 10.3 Å². The van der Waals surface area contributed by atoms with Gasteiger partial charge in [-0.25, -0.2) is 10.3 Å². The van der Waals surface area contributed by atoms with E-state index in [0.29, 0.717) is 5.37 Å². The van der Waals surface area contributed by atoms with E-state index in [0.717, 1.165) is 16.8 Å². The van der Waals surface area contributed by atoms with Gasteiger partial charge in [0.15, 0.2) is 0 Å². The maximum absolute atomic E-state index is 11.3. The number of hydrogen-bond donors (Lipinski definition) is 1. The second-order valence-electron chi connectivity index (χ2n) is 5.02. The Bertz CT molecular complexity index is 584. The molecule has 20 heavy (non-hydrogen) atoms. The van der Waals surface area contributed by atoms with Crippen LogP contribution < -0.4 is 5.48 Å². The Balaban J connectivity index is 3.08. The van der Waals surface area contributed by atoms with Crippen LogP contribution in [-0.4, -0.2) is 19.8 Å². The summed E-state index contributed by atoms with van der Waals surface area (Å²) in [5.74, 6) is -0.466. The number of para-hydroxylation sites is 1. The molecule has 1 aromatic carbocycles. The maximum Gasteiger partial charge on any atom is 0.370 e. The summed E-state index contributed by atoms with van der Waals surface area (Å²) in [4.78, 5) is 16.0. The molecule has 0 aliphatic rings. The summed E-state index contributed by atoms with van der Waals surface area (Å²) in [6, 6.07) is 5.85. The number of hydrogen-bond acceptors (Lipinski definition) is 5. The summed E-state index contributed by atoms with van der Waals surface area (Å²) in [6.07, 6.45) is 0. The molecule has 0 aliphatic heterocycles. The normalized spacial score (nSPS) is 10.5. The fraction of sp³-hybridized carbons (Fsp3) is 0.429. The topological polar surface area (TPSA) is 72.5 Å². The first-order chi connectivity index (χ1) is 9.32. The van der Waals surface area contributed by atoms with Crippen molar-refractivity contribution >= 4 is 27.3 Å². The Kier molecular flexibility index (Phi) is 5.76. The highest BCUT2D eigenvalue weighted by Crippen LogP contribution is 2.32. The lowest BCUT2D eigenvalue weighted by Crippen LogP contribution is -2.15. The largest absolute Gasteiger partial charge is 0.370 e. The highest BCUT2D eigenvalue weighted by atomic mass is 32.2. The number of anilines is 1. The zero-order chi connectivity index (χ0) is 15.3. The van der Waals surface area contributed by atoms with Crippen LogP contribution in [0.2, 0.25) is 0 Å². The third kappa shape index (κ3) is 4.38. The fourth-order valence-corrected chi connectivity index (χ4v) is 2.08. The summed E-state index contributed by atoms with van der Waals surface area (Å²) in [6.45, 7) is 8.13. The van der Waals surface area contributed by atoms with E-state index >= 15 is 0 Å². The van der Waals surface area contributed by atoms with Crippen molar-refractivity contribution in [1.82, 2.24) is 0 Å². The lowest BCUT2D eigenvalue weighted by molar-refractivity contribution is -0.132. The van der Waals surface area contributed by atoms with Gasteiger partial charge in [-0.1, -0.05) is 45.9 Å². The van der Waals surface area contributed by atoms with E-state index in [2.05, 4.69) is 5.48 Å². The molecule has 1 N–H and O–H groups in total.